The van der Waals surface area contributed by atoms with E-state index in [9.17, 15) is 0 Å². The first-order valence-corrected chi connectivity index (χ1v) is 14.5. The summed E-state index contributed by atoms with van der Waals surface area (Å²) in [6, 6.07) is 0. The molecule has 0 amide bonds. The molecule has 0 aromatic carbocycles. The Kier molecular flexibility index (Phi) is 178. The summed E-state index contributed by atoms with van der Waals surface area (Å²) in [5.41, 5.74) is 0. The van der Waals surface area contributed by atoms with Gasteiger partial charge in [0, 0.05) is 45.8 Å². The first-order chi connectivity index (χ1) is 23.5. The van der Waals surface area contributed by atoms with Crippen LogP contribution in [0.3, 0.4) is 0 Å². The third-order valence-corrected chi connectivity index (χ3v) is 3.49. The van der Waals surface area contributed by atoms with Crippen LogP contribution in [-0.2, 0) is 20.1 Å². The average Bonchev–Trinajstić information content (AvgIpc) is 3.14. The summed E-state index contributed by atoms with van der Waals surface area (Å²) in [7, 11) is 0. The molecular formula is C50H94Ir. The summed E-state index contributed by atoms with van der Waals surface area (Å²) < 4.78 is 0. The van der Waals surface area contributed by atoms with Gasteiger partial charge in [-0.3, -0.25) is 0 Å². The molecule has 0 aliphatic heterocycles. The van der Waals surface area contributed by atoms with Gasteiger partial charge in [-0.1, -0.05) is 104 Å². The Morgan fingerprint density at radius 1 is 0.431 bits per heavy atom. The maximum atomic E-state index is 4.84. The minimum Gasteiger partial charge on any atom is -0.124 e. The molecule has 1 radical (unpaired) electrons. The van der Waals surface area contributed by atoms with Crippen molar-refractivity contribution in [1.29, 1.82) is 0 Å². The minimum absolute atomic E-state index is 0. The number of hydrogen-bond acceptors (Lipinski definition) is 0. The van der Waals surface area contributed by atoms with Gasteiger partial charge in [-0.2, -0.15) is 0 Å². The summed E-state index contributed by atoms with van der Waals surface area (Å²) in [5.74, 6) is 41.2. The third kappa shape index (κ3) is 196. The molecule has 0 aromatic rings. The van der Waals surface area contributed by atoms with Crippen molar-refractivity contribution in [3.05, 3.63) is 63.3 Å². The van der Waals surface area contributed by atoms with Gasteiger partial charge in [-0.15, -0.1) is 84.3 Å². The molecule has 0 bridgehead atoms. The van der Waals surface area contributed by atoms with Crippen LogP contribution in [0.1, 0.15) is 119 Å². The minimum atomic E-state index is 0. The van der Waals surface area contributed by atoms with Crippen molar-refractivity contribution in [3.8, 4) is 158 Å². The van der Waals surface area contributed by atoms with Gasteiger partial charge in [0.15, 0.2) is 0 Å². The predicted octanol–water partition coefficient (Wildman–Crippen LogP) is 15.2. The average molecular weight is 888 g/mol. The molecule has 0 atom stereocenters. The molecule has 0 saturated heterocycles. The van der Waals surface area contributed by atoms with Gasteiger partial charge in [0.2, 0.25) is 0 Å². The van der Waals surface area contributed by atoms with Crippen molar-refractivity contribution in [2.75, 3.05) is 0 Å². The van der Waals surface area contributed by atoms with E-state index < -0.39 is 0 Å². The van der Waals surface area contributed by atoms with Gasteiger partial charge in [0.05, 0.1) is 0 Å². The Hall–Kier alpha value is -6.37. The van der Waals surface area contributed by atoms with Crippen molar-refractivity contribution in [2.24, 2.45) is 0 Å². The zero-order valence-electron chi connectivity index (χ0n) is 29.7. The van der Waals surface area contributed by atoms with Crippen LogP contribution >= 0.6 is 0 Å². The van der Waals surface area contributed by atoms with Crippen LogP contribution < -0.4 is 0 Å². The molecule has 0 fully saturated rings. The molecule has 0 aromatic heterocycles. The molecular weight excluding hydrogens is 793 g/mol. The summed E-state index contributed by atoms with van der Waals surface area (Å²) >= 11 is 0. The fourth-order valence-electron chi connectivity index (χ4n) is 1.56. The largest absolute Gasteiger partial charge is 0.124 e. The number of terminal acetylenes is 7. The van der Waals surface area contributed by atoms with E-state index in [1.54, 1.807) is 12.2 Å². The summed E-state index contributed by atoms with van der Waals surface area (Å²) in [5, 5.41) is 0. The second-order valence-electron chi connectivity index (χ2n) is 7.03. The van der Waals surface area contributed by atoms with Crippen LogP contribution in [0.2, 0.25) is 0 Å². The maximum absolute atomic E-state index is 4.84. The van der Waals surface area contributed by atoms with E-state index in [2.05, 4.69) is 173 Å². The van der Waals surface area contributed by atoms with Crippen LogP contribution in [0.25, 0.3) is 0 Å². The van der Waals surface area contributed by atoms with Crippen LogP contribution in [0.15, 0.2) is 63.3 Å². The van der Waals surface area contributed by atoms with E-state index >= 15 is 0 Å². The topological polar surface area (TPSA) is 0 Å². The van der Waals surface area contributed by atoms with Gasteiger partial charge in [-0.25, -0.2) is 0 Å². The summed E-state index contributed by atoms with van der Waals surface area (Å²) in [6.07, 6.45) is 56.9. The molecule has 0 saturated carbocycles. The number of allylic oxidation sites excluding steroid dienone is 5. The Labute approximate surface area is 359 Å². The van der Waals surface area contributed by atoms with E-state index in [1.165, 1.54) is 57.8 Å². The molecule has 1 heteroatoms. The molecule has 51 heavy (non-hydrogen) atoms. The standard InChI is InChI=1S/C10H4.C10H2.3C6H12.C6H2.C2H4.C2H2.2CH4.Ir.18H2/c2*1-3-5-7-9-10-8-6-4-2;4*1-3-5-6-4-2;2*1-2;;;;;;;;;;;;;;;;;;;;;/h1-2,9-10H;1-2H;3*3H,1,4-6H2,2H3;1-2H;1-2H2;1-2H;2*1H4;;18*1H/b10-9+;;;;;;;;;;;;;;;;;;;;;;;;;;;;. The summed E-state index contributed by atoms with van der Waals surface area (Å²) in [4.78, 5) is 0. The van der Waals surface area contributed by atoms with Crippen LogP contribution in [-0.4, -0.2) is 0 Å². The molecule has 303 valence electrons. The van der Waals surface area contributed by atoms with Crippen LogP contribution in [0, 0.1) is 158 Å². The van der Waals surface area contributed by atoms with Gasteiger partial charge < -0.3 is 0 Å². The van der Waals surface area contributed by atoms with Crippen molar-refractivity contribution >= 4 is 0 Å². The molecule has 0 nitrogen and oxygen atoms in total. The number of rotatable bonds is 9. The third-order valence-electron chi connectivity index (χ3n) is 3.49. The van der Waals surface area contributed by atoms with E-state index in [-0.39, 0.29) is 60.6 Å². The van der Waals surface area contributed by atoms with Crippen molar-refractivity contribution in [2.45, 2.75) is 93.4 Å². The number of hydrogen-bond donors (Lipinski definition) is 0. The van der Waals surface area contributed by atoms with Crippen molar-refractivity contribution < 1.29 is 45.8 Å². The maximum Gasteiger partial charge on any atom is 0 e. The Morgan fingerprint density at radius 2 is 0.627 bits per heavy atom. The molecule has 0 rings (SSSR count). The monoisotopic (exact) mass is 888 g/mol. The van der Waals surface area contributed by atoms with Gasteiger partial charge in [0.1, 0.15) is 0 Å². The normalized spacial score (nSPS) is 5.16. The van der Waals surface area contributed by atoms with Gasteiger partial charge >= 0.3 is 0 Å². The predicted molar refractivity (Wildman–Crippen MR) is 271 cm³/mol. The zero-order valence-corrected chi connectivity index (χ0v) is 32.1. The fourth-order valence-corrected chi connectivity index (χ4v) is 1.56. The second-order valence-corrected chi connectivity index (χ2v) is 7.03. The first kappa shape index (κ1) is 75.1. The van der Waals surface area contributed by atoms with Crippen molar-refractivity contribution in [1.82, 2.24) is 0 Å². The van der Waals surface area contributed by atoms with E-state index in [4.69, 9.17) is 38.5 Å². The molecule has 0 heterocycles. The van der Waals surface area contributed by atoms with E-state index in [1.807, 2.05) is 18.2 Å². The quantitative estimate of drug-likeness (QED) is 0.123. The SMILES string of the molecule is C.C.C#C.C#CC#C/C=C/C#CC#C.C#CC#CC#C.C#CC#CC#CC#CC#C.C=C.C=CCCCC.C=CCCCC.C=CCCCC.[HH].[HH].[HH].[HH].[HH].[HH].[HH].[HH].[HH].[HH].[HH].[HH].[HH].[HH].[HH].[HH].[HH].[HH].[Ir]. The first-order valence-electron chi connectivity index (χ1n) is 14.5. The number of unbranched alkanes of at least 4 members (excludes halogenated alkanes) is 6. The van der Waals surface area contributed by atoms with Crippen molar-refractivity contribution in [3.63, 3.8) is 0 Å². The van der Waals surface area contributed by atoms with E-state index in [0.29, 0.717) is 0 Å². The van der Waals surface area contributed by atoms with Crippen LogP contribution in [0.5, 0.6) is 0 Å². The fraction of sp³-hybridized carbons (Fsp3) is 0.280. The molecule has 0 aliphatic rings. The van der Waals surface area contributed by atoms with Gasteiger partial charge in [-0.05, 0) is 126 Å². The molecule has 0 N–H and O–H groups in total. The Morgan fingerprint density at radius 3 is 0.784 bits per heavy atom. The smallest absolute Gasteiger partial charge is 0 e. The Balaban J connectivity index is -0.00000000967. The summed E-state index contributed by atoms with van der Waals surface area (Å²) in [6.45, 7) is 23.3. The van der Waals surface area contributed by atoms with Gasteiger partial charge in [0.25, 0.3) is 0 Å². The van der Waals surface area contributed by atoms with E-state index in [0.717, 1.165) is 0 Å². The molecule has 0 aliphatic carbocycles. The van der Waals surface area contributed by atoms with Crippen LogP contribution in [0.4, 0.5) is 0 Å². The molecule has 0 unspecified atom stereocenters. The zero-order chi connectivity index (χ0) is 38.6. The Bertz CT molecular complexity index is 1400. The second kappa shape index (κ2) is 121. The molecule has 0 spiro atoms.